The zero-order chi connectivity index (χ0) is 22.8. The van der Waals surface area contributed by atoms with E-state index in [0.29, 0.717) is 19.4 Å². The van der Waals surface area contributed by atoms with Crippen LogP contribution in [-0.4, -0.2) is 31.7 Å². The van der Waals surface area contributed by atoms with Gasteiger partial charge in [-0.25, -0.2) is 8.42 Å². The molecule has 1 saturated heterocycles. The number of aryl methyl sites for hydroxylation is 1. The molecule has 2 unspecified atom stereocenters. The third-order valence-corrected chi connectivity index (χ3v) is 8.69. The fourth-order valence-electron chi connectivity index (χ4n) is 5.12. The molecule has 0 aliphatic carbocycles. The Morgan fingerprint density at radius 3 is 2.24 bits per heavy atom. The molecule has 2 heterocycles. The van der Waals surface area contributed by atoms with Crippen molar-refractivity contribution in [3.63, 3.8) is 0 Å². The normalized spacial score (nSPS) is 21.4. The zero-order valence-corrected chi connectivity index (χ0v) is 19.3. The van der Waals surface area contributed by atoms with Gasteiger partial charge in [-0.15, -0.1) is 0 Å². The van der Waals surface area contributed by atoms with Crippen molar-refractivity contribution < 1.29 is 13.2 Å². The van der Waals surface area contributed by atoms with E-state index in [1.807, 2.05) is 59.5 Å². The van der Waals surface area contributed by atoms with Crippen LogP contribution < -0.4 is 4.90 Å². The number of carbonyl (C=O) groups excluding carboxylic acids is 1. The van der Waals surface area contributed by atoms with Gasteiger partial charge in [0.1, 0.15) is 0 Å². The minimum absolute atomic E-state index is 0.0296. The van der Waals surface area contributed by atoms with Gasteiger partial charge in [0.15, 0.2) is 0 Å². The lowest BCUT2D eigenvalue weighted by Gasteiger charge is -2.40. The fourth-order valence-corrected chi connectivity index (χ4v) is 6.84. The molecule has 0 bridgehead atoms. The van der Waals surface area contributed by atoms with Crippen molar-refractivity contribution in [2.75, 3.05) is 18.0 Å². The Hall–Kier alpha value is -2.96. The summed E-state index contributed by atoms with van der Waals surface area (Å²) in [7, 11) is -3.75. The van der Waals surface area contributed by atoms with Crippen LogP contribution in [0.1, 0.15) is 36.4 Å². The topological polar surface area (TPSA) is 57.7 Å². The number of para-hydroxylation sites is 1. The van der Waals surface area contributed by atoms with Crippen LogP contribution in [0.25, 0.3) is 0 Å². The van der Waals surface area contributed by atoms with E-state index in [4.69, 9.17) is 0 Å². The number of carbonyl (C=O) groups is 1. The molecule has 0 aromatic heterocycles. The van der Waals surface area contributed by atoms with Crippen molar-refractivity contribution >= 4 is 21.6 Å². The highest BCUT2D eigenvalue weighted by atomic mass is 32.2. The molecule has 2 aliphatic heterocycles. The highest BCUT2D eigenvalue weighted by molar-refractivity contribution is 7.89. The number of hydrogen-bond acceptors (Lipinski definition) is 3. The summed E-state index contributed by atoms with van der Waals surface area (Å²) in [6.07, 6.45) is 3.17. The van der Waals surface area contributed by atoms with Crippen LogP contribution in [0, 0.1) is 5.92 Å². The van der Waals surface area contributed by atoms with E-state index in [1.54, 1.807) is 28.6 Å². The first-order valence-electron chi connectivity index (χ1n) is 11.6. The van der Waals surface area contributed by atoms with Crippen LogP contribution in [0.3, 0.4) is 0 Å². The summed E-state index contributed by atoms with van der Waals surface area (Å²) in [4.78, 5) is 15.8. The average Bonchev–Trinajstić information content (AvgIpc) is 2.88. The SMILES string of the molecule is O=C(C1CCC(c2ccccc2)N(S(=O)(=O)c2ccccc2)C1)N1CCCc2ccccc21. The van der Waals surface area contributed by atoms with Gasteiger partial charge in [0.05, 0.1) is 16.9 Å². The smallest absolute Gasteiger partial charge is 0.243 e. The molecule has 0 saturated carbocycles. The minimum atomic E-state index is -3.75. The Bertz CT molecular complexity index is 1230. The molecule has 2 aliphatic rings. The van der Waals surface area contributed by atoms with Gasteiger partial charge < -0.3 is 4.90 Å². The van der Waals surface area contributed by atoms with E-state index >= 15 is 0 Å². The summed E-state index contributed by atoms with van der Waals surface area (Å²) < 4.78 is 29.0. The van der Waals surface area contributed by atoms with Crippen LogP contribution in [0.15, 0.2) is 89.8 Å². The third kappa shape index (κ3) is 4.21. The van der Waals surface area contributed by atoms with E-state index in [0.717, 1.165) is 24.1 Å². The molecule has 3 aromatic carbocycles. The van der Waals surface area contributed by atoms with Crippen molar-refractivity contribution in [2.24, 2.45) is 5.92 Å². The fraction of sp³-hybridized carbons (Fsp3) is 0.296. The number of fused-ring (bicyclic) bond motifs is 1. The molecule has 0 N–H and O–H groups in total. The standard InChI is InChI=1S/C27H28N2O3S/c30-27(28-19-9-13-21-12-7-8-16-25(21)28)23-17-18-26(22-10-3-1-4-11-22)29(20-23)33(31,32)24-14-5-2-6-15-24/h1-8,10-12,14-16,23,26H,9,13,17-20H2. The van der Waals surface area contributed by atoms with Crippen LogP contribution in [0.4, 0.5) is 5.69 Å². The van der Waals surface area contributed by atoms with Crippen molar-refractivity contribution in [2.45, 2.75) is 36.6 Å². The number of benzene rings is 3. The van der Waals surface area contributed by atoms with Crippen LogP contribution >= 0.6 is 0 Å². The first-order valence-corrected chi connectivity index (χ1v) is 13.0. The minimum Gasteiger partial charge on any atom is -0.312 e. The van der Waals surface area contributed by atoms with E-state index in [9.17, 15) is 13.2 Å². The van der Waals surface area contributed by atoms with Gasteiger partial charge in [0, 0.05) is 18.8 Å². The number of piperidine rings is 1. The van der Waals surface area contributed by atoms with Gasteiger partial charge in [0.2, 0.25) is 15.9 Å². The Labute approximate surface area is 195 Å². The summed E-state index contributed by atoms with van der Waals surface area (Å²) in [5.74, 6) is -0.337. The van der Waals surface area contributed by atoms with Gasteiger partial charge >= 0.3 is 0 Å². The number of amides is 1. The largest absolute Gasteiger partial charge is 0.312 e. The van der Waals surface area contributed by atoms with E-state index in [-0.39, 0.29) is 29.3 Å². The maximum Gasteiger partial charge on any atom is 0.243 e. The highest BCUT2D eigenvalue weighted by Crippen LogP contribution is 2.39. The molecule has 2 atom stereocenters. The van der Waals surface area contributed by atoms with Crippen molar-refractivity contribution in [1.82, 2.24) is 4.31 Å². The Kier molecular flexibility index (Phi) is 6.04. The average molecular weight is 461 g/mol. The van der Waals surface area contributed by atoms with Gasteiger partial charge in [0.25, 0.3) is 0 Å². The first kappa shape index (κ1) is 21.9. The maximum absolute atomic E-state index is 13.7. The Morgan fingerprint density at radius 1 is 0.818 bits per heavy atom. The quantitative estimate of drug-likeness (QED) is 0.562. The van der Waals surface area contributed by atoms with E-state index in [1.165, 1.54) is 5.56 Å². The molecule has 1 amide bonds. The van der Waals surface area contributed by atoms with Crippen LogP contribution in [0.2, 0.25) is 0 Å². The molecule has 33 heavy (non-hydrogen) atoms. The molecule has 0 radical (unpaired) electrons. The number of rotatable bonds is 4. The molecular weight excluding hydrogens is 432 g/mol. The second-order valence-corrected chi connectivity index (χ2v) is 10.7. The van der Waals surface area contributed by atoms with E-state index < -0.39 is 10.0 Å². The predicted octanol–water partition coefficient (Wildman–Crippen LogP) is 4.81. The molecule has 0 spiro atoms. The van der Waals surface area contributed by atoms with Crippen molar-refractivity contribution in [3.05, 3.63) is 96.1 Å². The molecule has 5 rings (SSSR count). The molecule has 6 heteroatoms. The molecule has 5 nitrogen and oxygen atoms in total. The third-order valence-electron chi connectivity index (χ3n) is 6.80. The summed E-state index contributed by atoms with van der Waals surface area (Å²) in [5, 5.41) is 0. The summed E-state index contributed by atoms with van der Waals surface area (Å²) in [5.41, 5.74) is 3.12. The molecular formula is C27H28N2O3S. The Morgan fingerprint density at radius 2 is 1.48 bits per heavy atom. The highest BCUT2D eigenvalue weighted by Gasteiger charge is 2.41. The molecule has 170 valence electrons. The monoisotopic (exact) mass is 460 g/mol. The summed E-state index contributed by atoms with van der Waals surface area (Å²) >= 11 is 0. The number of nitrogens with zero attached hydrogens (tertiary/aromatic N) is 2. The van der Waals surface area contributed by atoms with Crippen molar-refractivity contribution in [1.29, 1.82) is 0 Å². The number of sulfonamides is 1. The second-order valence-electron chi connectivity index (χ2n) is 8.81. The van der Waals surface area contributed by atoms with Gasteiger partial charge in [-0.3, -0.25) is 4.79 Å². The molecule has 1 fully saturated rings. The Balaban J connectivity index is 1.48. The second kappa shape index (κ2) is 9.12. The lowest BCUT2D eigenvalue weighted by molar-refractivity contribution is -0.123. The zero-order valence-electron chi connectivity index (χ0n) is 18.5. The van der Waals surface area contributed by atoms with E-state index in [2.05, 4.69) is 6.07 Å². The molecule has 3 aromatic rings. The van der Waals surface area contributed by atoms with Gasteiger partial charge in [-0.05, 0) is 55.0 Å². The van der Waals surface area contributed by atoms with Gasteiger partial charge in [-0.1, -0.05) is 66.7 Å². The van der Waals surface area contributed by atoms with Crippen LogP contribution in [-0.2, 0) is 21.2 Å². The first-order chi connectivity index (χ1) is 16.1. The summed E-state index contributed by atoms with van der Waals surface area (Å²) in [6.45, 7) is 0.869. The predicted molar refractivity (Wildman–Crippen MR) is 129 cm³/mol. The maximum atomic E-state index is 13.7. The summed E-state index contributed by atoms with van der Waals surface area (Å²) in [6, 6.07) is 26.1. The van der Waals surface area contributed by atoms with Crippen LogP contribution in [0.5, 0.6) is 0 Å². The number of hydrogen-bond donors (Lipinski definition) is 0. The lowest BCUT2D eigenvalue weighted by atomic mass is 9.89. The van der Waals surface area contributed by atoms with Crippen molar-refractivity contribution in [3.8, 4) is 0 Å². The number of anilines is 1. The van der Waals surface area contributed by atoms with Gasteiger partial charge in [-0.2, -0.15) is 4.31 Å². The lowest BCUT2D eigenvalue weighted by Crippen LogP contribution is -2.49.